The van der Waals surface area contributed by atoms with Crippen LogP contribution in [0.25, 0.3) is 10.9 Å². The Morgan fingerprint density at radius 1 is 1.30 bits per heavy atom. The van der Waals surface area contributed by atoms with E-state index in [4.69, 9.17) is 0 Å². The van der Waals surface area contributed by atoms with Gasteiger partial charge in [-0.3, -0.25) is 9.78 Å². The quantitative estimate of drug-likeness (QED) is 0.878. The van der Waals surface area contributed by atoms with Crippen molar-refractivity contribution in [3.05, 3.63) is 41.1 Å². The Morgan fingerprint density at radius 2 is 2.05 bits per heavy atom. The molecule has 0 bridgehead atoms. The summed E-state index contributed by atoms with van der Waals surface area (Å²) in [4.78, 5) is 16.8. The van der Waals surface area contributed by atoms with E-state index < -0.39 is 0 Å². The number of aliphatic hydroxyl groups excluding tert-OH is 1. The van der Waals surface area contributed by atoms with Crippen LogP contribution in [0, 0.1) is 13.8 Å². The molecule has 0 unspecified atom stereocenters. The first kappa shape index (κ1) is 13.1. The van der Waals surface area contributed by atoms with Crippen LogP contribution in [-0.2, 0) is 0 Å². The van der Waals surface area contributed by atoms with Crippen LogP contribution in [0.5, 0.6) is 0 Å². The van der Waals surface area contributed by atoms with Crippen LogP contribution < -0.4 is 5.32 Å². The molecule has 2 aromatic rings. The fourth-order valence-electron chi connectivity index (χ4n) is 2.57. The van der Waals surface area contributed by atoms with Crippen molar-refractivity contribution in [3.63, 3.8) is 0 Å². The van der Waals surface area contributed by atoms with Gasteiger partial charge in [0.1, 0.15) is 0 Å². The highest BCUT2D eigenvalue weighted by Crippen LogP contribution is 2.21. The number of benzene rings is 1. The number of aromatic nitrogens is 1. The van der Waals surface area contributed by atoms with Crippen LogP contribution in [0.3, 0.4) is 0 Å². The largest absolute Gasteiger partial charge is 0.393 e. The average molecular weight is 270 g/mol. The molecule has 0 aliphatic heterocycles. The lowest BCUT2D eigenvalue weighted by Crippen LogP contribution is -2.46. The number of aliphatic hydroxyl groups is 1. The third-order valence-electron chi connectivity index (χ3n) is 3.86. The highest BCUT2D eigenvalue weighted by atomic mass is 16.3. The third-order valence-corrected chi connectivity index (χ3v) is 3.86. The van der Waals surface area contributed by atoms with E-state index in [0.29, 0.717) is 18.4 Å². The van der Waals surface area contributed by atoms with Crippen LogP contribution in [0.15, 0.2) is 24.3 Å². The lowest BCUT2D eigenvalue weighted by atomic mass is 9.89. The van der Waals surface area contributed by atoms with Gasteiger partial charge in [0.15, 0.2) is 0 Å². The number of hydrogen-bond donors (Lipinski definition) is 2. The maximum Gasteiger partial charge on any atom is 0.253 e. The lowest BCUT2D eigenvalue weighted by molar-refractivity contribution is 0.0562. The minimum Gasteiger partial charge on any atom is -0.393 e. The van der Waals surface area contributed by atoms with Gasteiger partial charge in [0.25, 0.3) is 5.91 Å². The molecular formula is C16H18N2O2. The SMILES string of the molecule is Cc1ccc2cc(C(=O)NC3CC(O)C3)c(C)nc2c1. The van der Waals surface area contributed by atoms with E-state index in [1.54, 1.807) is 0 Å². The van der Waals surface area contributed by atoms with Gasteiger partial charge >= 0.3 is 0 Å². The smallest absolute Gasteiger partial charge is 0.253 e. The first-order chi connectivity index (χ1) is 9.52. The molecule has 0 spiro atoms. The summed E-state index contributed by atoms with van der Waals surface area (Å²) < 4.78 is 0. The normalized spacial score (nSPS) is 21.6. The topological polar surface area (TPSA) is 62.2 Å². The molecule has 0 radical (unpaired) electrons. The lowest BCUT2D eigenvalue weighted by Gasteiger charge is -2.32. The zero-order valence-corrected chi connectivity index (χ0v) is 11.7. The van der Waals surface area contributed by atoms with Crippen molar-refractivity contribution in [2.24, 2.45) is 0 Å². The first-order valence-corrected chi connectivity index (χ1v) is 6.90. The Hall–Kier alpha value is -1.94. The number of rotatable bonds is 2. The van der Waals surface area contributed by atoms with Crippen LogP contribution in [0.2, 0.25) is 0 Å². The molecule has 1 aliphatic rings. The molecule has 1 heterocycles. The minimum absolute atomic E-state index is 0.0885. The predicted octanol–water partition coefficient (Wildman–Crippen LogP) is 2.10. The third kappa shape index (κ3) is 2.39. The van der Waals surface area contributed by atoms with Crippen molar-refractivity contribution in [2.75, 3.05) is 0 Å². The summed E-state index contributed by atoms with van der Waals surface area (Å²) in [7, 11) is 0. The summed E-state index contributed by atoms with van der Waals surface area (Å²) >= 11 is 0. The number of nitrogens with zero attached hydrogens (tertiary/aromatic N) is 1. The molecule has 4 heteroatoms. The Morgan fingerprint density at radius 3 is 2.75 bits per heavy atom. The van der Waals surface area contributed by atoms with Gasteiger partial charge in [0.2, 0.25) is 0 Å². The van der Waals surface area contributed by atoms with Crippen LogP contribution >= 0.6 is 0 Å². The first-order valence-electron chi connectivity index (χ1n) is 6.90. The molecule has 1 saturated carbocycles. The fourth-order valence-corrected chi connectivity index (χ4v) is 2.57. The molecule has 1 aromatic heterocycles. The van der Waals surface area contributed by atoms with E-state index in [9.17, 15) is 9.90 Å². The Labute approximate surface area is 117 Å². The molecule has 104 valence electrons. The number of fused-ring (bicyclic) bond motifs is 1. The highest BCUT2D eigenvalue weighted by Gasteiger charge is 2.29. The number of aryl methyl sites for hydroxylation is 2. The standard InChI is InChI=1S/C16H18N2O2/c1-9-3-4-11-6-14(10(2)17-15(11)5-9)16(20)18-12-7-13(19)8-12/h3-6,12-13,19H,7-8H2,1-2H3,(H,18,20). The van der Waals surface area contributed by atoms with E-state index in [0.717, 1.165) is 22.2 Å². The Balaban J connectivity index is 1.88. The molecule has 1 fully saturated rings. The minimum atomic E-state index is -0.265. The molecule has 20 heavy (non-hydrogen) atoms. The van der Waals surface area contributed by atoms with Crippen molar-refractivity contribution >= 4 is 16.8 Å². The summed E-state index contributed by atoms with van der Waals surface area (Å²) in [5.74, 6) is -0.102. The van der Waals surface area contributed by atoms with E-state index in [2.05, 4.69) is 10.3 Å². The van der Waals surface area contributed by atoms with Gasteiger partial charge in [0.05, 0.1) is 22.9 Å². The van der Waals surface area contributed by atoms with E-state index in [1.807, 2.05) is 38.1 Å². The number of carbonyl (C=O) groups excluding carboxylic acids is 1. The zero-order valence-electron chi connectivity index (χ0n) is 11.7. The van der Waals surface area contributed by atoms with E-state index >= 15 is 0 Å². The van der Waals surface area contributed by atoms with Crippen molar-refractivity contribution in [1.82, 2.24) is 10.3 Å². The second-order valence-electron chi connectivity index (χ2n) is 5.61. The van der Waals surface area contributed by atoms with Crippen molar-refractivity contribution in [1.29, 1.82) is 0 Å². The van der Waals surface area contributed by atoms with Gasteiger partial charge in [-0.25, -0.2) is 0 Å². The van der Waals surface area contributed by atoms with Crippen molar-refractivity contribution in [2.45, 2.75) is 38.8 Å². The van der Waals surface area contributed by atoms with Gasteiger partial charge in [-0.2, -0.15) is 0 Å². The summed E-state index contributed by atoms with van der Waals surface area (Å²) in [5.41, 5.74) is 3.42. The molecule has 3 rings (SSSR count). The van der Waals surface area contributed by atoms with Crippen molar-refractivity contribution in [3.8, 4) is 0 Å². The van der Waals surface area contributed by atoms with Gasteiger partial charge < -0.3 is 10.4 Å². The second kappa shape index (κ2) is 4.87. The molecule has 0 atom stereocenters. The molecule has 1 aromatic carbocycles. The van der Waals surface area contributed by atoms with E-state index in [-0.39, 0.29) is 18.1 Å². The number of pyridine rings is 1. The summed E-state index contributed by atoms with van der Waals surface area (Å²) in [6.45, 7) is 3.88. The zero-order chi connectivity index (χ0) is 14.3. The van der Waals surface area contributed by atoms with Gasteiger partial charge in [-0.1, -0.05) is 12.1 Å². The Kier molecular flexibility index (Phi) is 3.18. The maximum atomic E-state index is 12.3. The van der Waals surface area contributed by atoms with Crippen LogP contribution in [0.4, 0.5) is 0 Å². The number of nitrogens with one attached hydrogen (secondary N) is 1. The monoisotopic (exact) mass is 270 g/mol. The average Bonchev–Trinajstić information content (AvgIpc) is 2.35. The Bertz CT molecular complexity index is 675. The van der Waals surface area contributed by atoms with Crippen LogP contribution in [0.1, 0.15) is 34.5 Å². The van der Waals surface area contributed by atoms with Gasteiger partial charge in [-0.05, 0) is 44.4 Å². The van der Waals surface area contributed by atoms with Crippen LogP contribution in [-0.4, -0.2) is 28.1 Å². The molecule has 2 N–H and O–H groups in total. The summed E-state index contributed by atoms with van der Waals surface area (Å²) in [6.07, 6.45) is 1.02. The summed E-state index contributed by atoms with van der Waals surface area (Å²) in [6, 6.07) is 8.00. The van der Waals surface area contributed by atoms with Gasteiger partial charge in [-0.15, -0.1) is 0 Å². The molecule has 1 aliphatic carbocycles. The van der Waals surface area contributed by atoms with Gasteiger partial charge in [0, 0.05) is 11.4 Å². The molecule has 0 saturated heterocycles. The second-order valence-corrected chi connectivity index (χ2v) is 5.61. The number of hydrogen-bond acceptors (Lipinski definition) is 3. The highest BCUT2D eigenvalue weighted by molar-refractivity contribution is 5.98. The molecule has 1 amide bonds. The number of carbonyl (C=O) groups is 1. The van der Waals surface area contributed by atoms with E-state index in [1.165, 1.54) is 0 Å². The molecular weight excluding hydrogens is 252 g/mol. The maximum absolute atomic E-state index is 12.3. The molecule has 4 nitrogen and oxygen atoms in total. The summed E-state index contributed by atoms with van der Waals surface area (Å²) in [5, 5.41) is 13.2. The predicted molar refractivity (Wildman–Crippen MR) is 77.7 cm³/mol. The fraction of sp³-hybridized carbons (Fsp3) is 0.375. The number of amides is 1. The van der Waals surface area contributed by atoms with Crippen molar-refractivity contribution < 1.29 is 9.90 Å².